The fourth-order valence-corrected chi connectivity index (χ4v) is 5.29. The molecule has 0 fully saturated rings. The lowest BCUT2D eigenvalue weighted by Crippen LogP contribution is -2.16. The molecule has 2 rings (SSSR count). The molecule has 0 aromatic heterocycles. The molecule has 148 valence electrons. The Morgan fingerprint density at radius 1 is 1.00 bits per heavy atom. The predicted octanol–water partition coefficient (Wildman–Crippen LogP) is 7.91. The maximum absolute atomic E-state index is 13.7. The molecule has 0 unspecified atom stereocenters. The first-order valence-electron chi connectivity index (χ1n) is 8.75. The first-order chi connectivity index (χ1) is 12.9. The topological polar surface area (TPSA) is 47.6 Å². The summed E-state index contributed by atoms with van der Waals surface area (Å²) in [5.74, 6) is -0.696. The first kappa shape index (κ1) is 22.7. The van der Waals surface area contributed by atoms with Crippen LogP contribution in [0.3, 0.4) is 0 Å². The minimum absolute atomic E-state index is 0.339. The van der Waals surface area contributed by atoms with Crippen LogP contribution in [0.4, 0.5) is 5.69 Å². The second kappa shape index (κ2) is 10.8. The Kier molecular flexibility index (Phi) is 9.13. The van der Waals surface area contributed by atoms with Gasteiger partial charge in [0.15, 0.2) is 5.78 Å². The van der Waals surface area contributed by atoms with E-state index in [2.05, 4.69) is 21.2 Å². The lowest BCUT2D eigenvalue weighted by Gasteiger charge is -2.29. The Bertz CT molecular complexity index is 757. The number of benzene rings is 2. The van der Waals surface area contributed by atoms with Crippen LogP contribution in [0.1, 0.15) is 38.0 Å². The van der Waals surface area contributed by atoms with Crippen LogP contribution >= 0.6 is 46.7 Å². The van der Waals surface area contributed by atoms with Gasteiger partial charge < -0.3 is 14.4 Å². The van der Waals surface area contributed by atoms with Crippen LogP contribution in [-0.2, 0) is 13.6 Å². The van der Waals surface area contributed by atoms with Crippen LogP contribution in [-0.4, -0.2) is 13.2 Å². The maximum atomic E-state index is 13.7. The van der Waals surface area contributed by atoms with Crippen LogP contribution in [0.5, 0.6) is 0 Å². The summed E-state index contributed by atoms with van der Waals surface area (Å²) in [6.07, 6.45) is 1.46. The predicted molar refractivity (Wildman–Crippen MR) is 117 cm³/mol. The molecule has 0 spiro atoms. The van der Waals surface area contributed by atoms with Gasteiger partial charge in [0.25, 0.3) is 0 Å². The number of nitrogens with one attached hydrogen (secondary N) is 1. The van der Waals surface area contributed by atoms with E-state index < -0.39 is 13.4 Å². The molecule has 4 nitrogen and oxygen atoms in total. The van der Waals surface area contributed by atoms with Crippen LogP contribution in [0.15, 0.2) is 46.9 Å². The van der Waals surface area contributed by atoms with Crippen molar-refractivity contribution in [3.8, 4) is 0 Å². The standard InChI is InChI=1S/C19H23BrCl2NO3P/c1-3-9-25-27(24,26-10-4-2)19(14-5-7-15(20)8-6-14)23-18-12-16(21)11-17(22)13-18/h5-8,11-13,19,23H,3-4,9-10H2,1-2H3/t19-/m1/s1. The van der Waals surface area contributed by atoms with E-state index in [9.17, 15) is 4.57 Å². The lowest BCUT2D eigenvalue weighted by atomic mass is 10.2. The normalized spacial score (nSPS) is 12.8. The maximum Gasteiger partial charge on any atom is 0.357 e. The molecule has 1 N–H and O–H groups in total. The summed E-state index contributed by atoms with van der Waals surface area (Å²) in [5.41, 5.74) is 1.42. The highest BCUT2D eigenvalue weighted by molar-refractivity contribution is 9.10. The molecule has 0 aliphatic heterocycles. The largest absolute Gasteiger partial charge is 0.368 e. The number of halogens is 3. The zero-order valence-electron chi connectivity index (χ0n) is 15.3. The Morgan fingerprint density at radius 2 is 1.52 bits per heavy atom. The summed E-state index contributed by atoms with van der Waals surface area (Å²) in [7, 11) is -3.51. The molecule has 0 aliphatic carbocycles. The van der Waals surface area contributed by atoms with Crippen molar-refractivity contribution in [1.29, 1.82) is 0 Å². The molecule has 0 saturated carbocycles. The fraction of sp³-hybridized carbons (Fsp3) is 0.368. The molecule has 2 aromatic rings. The molecule has 0 radical (unpaired) electrons. The molecule has 2 aromatic carbocycles. The van der Waals surface area contributed by atoms with Gasteiger partial charge in [0.1, 0.15) is 0 Å². The van der Waals surface area contributed by atoms with E-state index in [1.807, 2.05) is 38.1 Å². The van der Waals surface area contributed by atoms with Crippen molar-refractivity contribution in [3.63, 3.8) is 0 Å². The summed E-state index contributed by atoms with van der Waals surface area (Å²) < 4.78 is 26.1. The summed E-state index contributed by atoms with van der Waals surface area (Å²) in [6.45, 7) is 4.60. The quantitative estimate of drug-likeness (QED) is 0.341. The Morgan fingerprint density at radius 3 is 2.00 bits per heavy atom. The van der Waals surface area contributed by atoms with Gasteiger partial charge in [-0.1, -0.05) is 65.1 Å². The van der Waals surface area contributed by atoms with Crippen LogP contribution in [0.25, 0.3) is 0 Å². The second-order valence-corrected chi connectivity index (χ2v) is 9.86. The lowest BCUT2D eigenvalue weighted by molar-refractivity contribution is 0.199. The first-order valence-corrected chi connectivity index (χ1v) is 11.9. The Hall–Kier alpha value is -0.550. The van der Waals surface area contributed by atoms with E-state index in [-0.39, 0.29) is 0 Å². The zero-order valence-corrected chi connectivity index (χ0v) is 19.2. The molecular weight excluding hydrogens is 472 g/mol. The van der Waals surface area contributed by atoms with Gasteiger partial charge in [-0.3, -0.25) is 4.57 Å². The highest BCUT2D eigenvalue weighted by atomic mass is 79.9. The van der Waals surface area contributed by atoms with Gasteiger partial charge in [-0.05, 0) is 48.7 Å². The molecule has 0 bridgehead atoms. The highest BCUT2D eigenvalue weighted by Crippen LogP contribution is 2.61. The van der Waals surface area contributed by atoms with Crippen molar-refractivity contribution in [2.45, 2.75) is 32.5 Å². The highest BCUT2D eigenvalue weighted by Gasteiger charge is 2.37. The van der Waals surface area contributed by atoms with Crippen LogP contribution < -0.4 is 5.32 Å². The molecule has 0 amide bonds. The third-order valence-electron chi connectivity index (χ3n) is 3.62. The van der Waals surface area contributed by atoms with Gasteiger partial charge in [0.2, 0.25) is 0 Å². The van der Waals surface area contributed by atoms with Gasteiger partial charge in [-0.2, -0.15) is 0 Å². The zero-order chi connectivity index (χ0) is 19.9. The molecular formula is C19H23BrCl2NO3P. The second-order valence-electron chi connectivity index (χ2n) is 5.96. The molecule has 1 atom stereocenters. The van der Waals surface area contributed by atoms with Crippen LogP contribution in [0, 0.1) is 0 Å². The van der Waals surface area contributed by atoms with Gasteiger partial charge in [0.05, 0.1) is 13.2 Å². The summed E-state index contributed by atoms with van der Waals surface area (Å²) in [4.78, 5) is 0. The van der Waals surface area contributed by atoms with E-state index in [4.69, 9.17) is 32.2 Å². The van der Waals surface area contributed by atoms with Gasteiger partial charge in [-0.15, -0.1) is 0 Å². The Labute approximate surface area is 179 Å². The number of hydrogen-bond acceptors (Lipinski definition) is 4. The van der Waals surface area contributed by atoms with E-state index in [1.165, 1.54) is 0 Å². The van der Waals surface area contributed by atoms with Crippen molar-refractivity contribution >= 4 is 52.4 Å². The van der Waals surface area contributed by atoms with Crippen molar-refractivity contribution < 1.29 is 13.6 Å². The van der Waals surface area contributed by atoms with Gasteiger partial charge >= 0.3 is 7.60 Å². The minimum Gasteiger partial charge on any atom is -0.368 e. The van der Waals surface area contributed by atoms with E-state index in [1.54, 1.807) is 18.2 Å². The van der Waals surface area contributed by atoms with Crippen molar-refractivity contribution in [2.24, 2.45) is 0 Å². The number of hydrogen-bond donors (Lipinski definition) is 1. The number of rotatable bonds is 10. The smallest absolute Gasteiger partial charge is 0.357 e. The molecule has 0 aliphatic rings. The third-order valence-corrected chi connectivity index (χ3v) is 6.73. The minimum atomic E-state index is -3.51. The molecule has 0 heterocycles. The average Bonchev–Trinajstić information content (AvgIpc) is 2.63. The summed E-state index contributed by atoms with van der Waals surface area (Å²) in [5, 5.41) is 4.23. The molecule has 8 heteroatoms. The number of anilines is 1. The molecule has 0 saturated heterocycles. The van der Waals surface area contributed by atoms with Crippen molar-refractivity contribution in [3.05, 3.63) is 62.5 Å². The van der Waals surface area contributed by atoms with Crippen LogP contribution in [0.2, 0.25) is 10.0 Å². The third kappa shape index (κ3) is 6.77. The monoisotopic (exact) mass is 493 g/mol. The fourth-order valence-electron chi connectivity index (χ4n) is 2.41. The summed E-state index contributed by atoms with van der Waals surface area (Å²) in [6, 6.07) is 12.6. The summed E-state index contributed by atoms with van der Waals surface area (Å²) >= 11 is 15.7. The van der Waals surface area contributed by atoms with Crippen molar-refractivity contribution in [1.82, 2.24) is 0 Å². The average molecular weight is 495 g/mol. The van der Waals surface area contributed by atoms with E-state index in [0.717, 1.165) is 22.9 Å². The van der Waals surface area contributed by atoms with Gasteiger partial charge in [0, 0.05) is 20.2 Å². The van der Waals surface area contributed by atoms with E-state index >= 15 is 0 Å². The van der Waals surface area contributed by atoms with Gasteiger partial charge in [-0.25, -0.2) is 0 Å². The van der Waals surface area contributed by atoms with Crippen molar-refractivity contribution in [2.75, 3.05) is 18.5 Å². The SMILES string of the molecule is CCCOP(=O)(OCCC)[C@@H](Nc1cc(Cl)cc(Cl)c1)c1ccc(Br)cc1. The Balaban J connectivity index is 2.45. The van der Waals surface area contributed by atoms with E-state index in [0.29, 0.717) is 28.9 Å². The molecule has 27 heavy (non-hydrogen) atoms.